The van der Waals surface area contributed by atoms with Gasteiger partial charge in [0, 0.05) is 5.92 Å². The van der Waals surface area contributed by atoms with Crippen LogP contribution in [0.5, 0.6) is 0 Å². The van der Waals surface area contributed by atoms with Crippen LogP contribution in [0.25, 0.3) is 0 Å². The van der Waals surface area contributed by atoms with Crippen molar-refractivity contribution in [2.45, 2.75) is 25.4 Å². The molecule has 0 unspecified atom stereocenters. The second-order valence-electron chi connectivity index (χ2n) is 4.26. The molecule has 5 heteroatoms. The summed E-state index contributed by atoms with van der Waals surface area (Å²) in [6.07, 6.45) is 2.23. The summed E-state index contributed by atoms with van der Waals surface area (Å²) in [6.45, 7) is 0.0213. The number of esters is 1. The van der Waals surface area contributed by atoms with Crippen LogP contribution < -0.4 is 0 Å². The number of aromatic nitrogens is 2. The van der Waals surface area contributed by atoms with E-state index in [1.807, 2.05) is 6.07 Å². The van der Waals surface area contributed by atoms with E-state index in [1.165, 1.54) is 0 Å². The fourth-order valence-corrected chi connectivity index (χ4v) is 1.62. The number of nitrogens with zero attached hydrogens (tertiary/aromatic N) is 2. The molecule has 5 nitrogen and oxygen atoms in total. The lowest BCUT2D eigenvalue weighted by atomic mass is 10.2. The topological polar surface area (TPSA) is 65.2 Å². The Bertz CT molecular complexity index is 546. The molecule has 1 aliphatic carbocycles. The van der Waals surface area contributed by atoms with Crippen LogP contribution >= 0.6 is 0 Å². The lowest BCUT2D eigenvalue weighted by Crippen LogP contribution is -2.05. The molecule has 0 aliphatic heterocycles. The first kappa shape index (κ1) is 11.0. The van der Waals surface area contributed by atoms with Gasteiger partial charge in [-0.25, -0.2) is 4.79 Å². The summed E-state index contributed by atoms with van der Waals surface area (Å²) in [5.41, 5.74) is 0.513. The maximum absolute atomic E-state index is 11.7. The number of hydrogen-bond acceptors (Lipinski definition) is 5. The first-order valence-corrected chi connectivity index (χ1v) is 5.87. The van der Waals surface area contributed by atoms with E-state index >= 15 is 0 Å². The van der Waals surface area contributed by atoms with Gasteiger partial charge in [-0.05, 0) is 25.0 Å². The van der Waals surface area contributed by atoms with Crippen LogP contribution in [0, 0.1) is 0 Å². The van der Waals surface area contributed by atoms with Crippen LogP contribution in [-0.4, -0.2) is 16.1 Å². The maximum Gasteiger partial charge on any atom is 0.338 e. The van der Waals surface area contributed by atoms with Crippen molar-refractivity contribution in [2.24, 2.45) is 0 Å². The monoisotopic (exact) mass is 244 g/mol. The smallest absolute Gasteiger partial charge is 0.338 e. The van der Waals surface area contributed by atoms with Gasteiger partial charge in [0.05, 0.1) is 5.56 Å². The number of carbonyl (C=O) groups excluding carboxylic acids is 1. The molecular weight excluding hydrogens is 232 g/mol. The van der Waals surface area contributed by atoms with Gasteiger partial charge in [0.15, 0.2) is 12.4 Å². The highest BCUT2D eigenvalue weighted by Gasteiger charge is 2.28. The van der Waals surface area contributed by atoms with E-state index in [4.69, 9.17) is 9.26 Å². The summed E-state index contributed by atoms with van der Waals surface area (Å²) >= 11 is 0. The second kappa shape index (κ2) is 4.60. The molecule has 92 valence electrons. The Hall–Kier alpha value is -2.17. The standard InChI is InChI=1S/C13H12N2O3/c16-13(10-4-2-1-3-5-10)17-8-11-14-12(15-18-11)9-6-7-9/h1-5,9H,6-8H2. The highest BCUT2D eigenvalue weighted by atomic mass is 16.6. The molecule has 0 N–H and O–H groups in total. The van der Waals surface area contributed by atoms with E-state index in [-0.39, 0.29) is 12.6 Å². The average molecular weight is 244 g/mol. The van der Waals surface area contributed by atoms with Crippen LogP contribution in [-0.2, 0) is 11.3 Å². The summed E-state index contributed by atoms with van der Waals surface area (Å²) < 4.78 is 10.1. The van der Waals surface area contributed by atoms with E-state index in [9.17, 15) is 4.79 Å². The van der Waals surface area contributed by atoms with Crippen LogP contribution in [0.15, 0.2) is 34.9 Å². The highest BCUT2D eigenvalue weighted by molar-refractivity contribution is 5.89. The van der Waals surface area contributed by atoms with Crippen molar-refractivity contribution in [3.05, 3.63) is 47.6 Å². The lowest BCUT2D eigenvalue weighted by Gasteiger charge is -2.00. The van der Waals surface area contributed by atoms with Crippen molar-refractivity contribution in [3.8, 4) is 0 Å². The van der Waals surface area contributed by atoms with Gasteiger partial charge in [0.2, 0.25) is 0 Å². The SMILES string of the molecule is O=C(OCc1nc(C2CC2)no1)c1ccccc1. The molecule has 0 radical (unpaired) electrons. The molecular formula is C13H12N2O3. The van der Waals surface area contributed by atoms with Gasteiger partial charge in [-0.1, -0.05) is 23.4 Å². The van der Waals surface area contributed by atoms with Crippen LogP contribution in [0.2, 0.25) is 0 Å². The molecule has 3 rings (SSSR count). The molecule has 0 atom stereocenters. The van der Waals surface area contributed by atoms with Crippen molar-refractivity contribution in [3.63, 3.8) is 0 Å². The second-order valence-corrected chi connectivity index (χ2v) is 4.26. The Balaban J connectivity index is 1.58. The molecule has 0 spiro atoms. The minimum Gasteiger partial charge on any atom is -0.452 e. The zero-order valence-electron chi connectivity index (χ0n) is 9.70. The van der Waals surface area contributed by atoms with E-state index in [1.54, 1.807) is 24.3 Å². The molecule has 1 saturated carbocycles. The molecule has 1 heterocycles. The van der Waals surface area contributed by atoms with Gasteiger partial charge >= 0.3 is 5.97 Å². The van der Waals surface area contributed by atoms with Crippen LogP contribution in [0.1, 0.15) is 40.8 Å². The summed E-state index contributed by atoms with van der Waals surface area (Å²) in [5.74, 6) is 1.12. The minimum absolute atomic E-state index is 0.0213. The Kier molecular flexibility index (Phi) is 2.80. The predicted molar refractivity (Wildman–Crippen MR) is 61.8 cm³/mol. The zero-order chi connectivity index (χ0) is 12.4. The first-order valence-electron chi connectivity index (χ1n) is 5.87. The Morgan fingerprint density at radius 1 is 1.33 bits per heavy atom. The Morgan fingerprint density at radius 3 is 2.83 bits per heavy atom. The van der Waals surface area contributed by atoms with E-state index in [2.05, 4.69) is 10.1 Å². The largest absolute Gasteiger partial charge is 0.452 e. The average Bonchev–Trinajstić information content (AvgIpc) is 3.16. The maximum atomic E-state index is 11.7. The number of ether oxygens (including phenoxy) is 1. The van der Waals surface area contributed by atoms with Gasteiger partial charge in [-0.2, -0.15) is 4.98 Å². The van der Waals surface area contributed by atoms with Crippen LogP contribution in [0.4, 0.5) is 0 Å². The first-order chi connectivity index (χ1) is 8.83. The van der Waals surface area contributed by atoms with E-state index in [0.717, 1.165) is 18.7 Å². The van der Waals surface area contributed by atoms with E-state index < -0.39 is 0 Å². The van der Waals surface area contributed by atoms with Crippen molar-refractivity contribution < 1.29 is 14.1 Å². The molecule has 2 aromatic rings. The quantitative estimate of drug-likeness (QED) is 0.772. The molecule has 1 aromatic carbocycles. The molecule has 1 aromatic heterocycles. The summed E-state index contributed by atoms with van der Waals surface area (Å²) in [6, 6.07) is 8.82. The predicted octanol–water partition coefficient (Wildman–Crippen LogP) is 2.30. The van der Waals surface area contributed by atoms with E-state index in [0.29, 0.717) is 17.4 Å². The normalized spacial score (nSPS) is 14.4. The van der Waals surface area contributed by atoms with Gasteiger partial charge in [-0.3, -0.25) is 0 Å². The molecule has 0 saturated heterocycles. The fraction of sp³-hybridized carbons (Fsp3) is 0.308. The third kappa shape index (κ3) is 2.40. The van der Waals surface area contributed by atoms with Crippen molar-refractivity contribution in [1.82, 2.24) is 10.1 Å². The highest BCUT2D eigenvalue weighted by Crippen LogP contribution is 2.38. The third-order valence-electron chi connectivity index (χ3n) is 2.76. The zero-order valence-corrected chi connectivity index (χ0v) is 9.70. The fourth-order valence-electron chi connectivity index (χ4n) is 1.62. The molecule has 1 fully saturated rings. The molecule has 0 amide bonds. The molecule has 1 aliphatic rings. The Labute approximate surface area is 104 Å². The van der Waals surface area contributed by atoms with Crippen molar-refractivity contribution in [2.75, 3.05) is 0 Å². The number of hydrogen-bond donors (Lipinski definition) is 0. The number of carbonyl (C=O) groups is 1. The summed E-state index contributed by atoms with van der Waals surface area (Å²) in [7, 11) is 0. The van der Waals surface area contributed by atoms with Gasteiger partial charge in [0.1, 0.15) is 0 Å². The molecule has 0 bridgehead atoms. The molecule has 18 heavy (non-hydrogen) atoms. The Morgan fingerprint density at radius 2 is 2.11 bits per heavy atom. The van der Waals surface area contributed by atoms with Gasteiger partial charge in [0.25, 0.3) is 5.89 Å². The van der Waals surface area contributed by atoms with Crippen LogP contribution in [0.3, 0.4) is 0 Å². The van der Waals surface area contributed by atoms with Crippen molar-refractivity contribution >= 4 is 5.97 Å². The number of benzene rings is 1. The van der Waals surface area contributed by atoms with Gasteiger partial charge < -0.3 is 9.26 Å². The lowest BCUT2D eigenvalue weighted by molar-refractivity contribution is 0.0430. The van der Waals surface area contributed by atoms with Gasteiger partial charge in [-0.15, -0.1) is 0 Å². The van der Waals surface area contributed by atoms with Crippen molar-refractivity contribution in [1.29, 1.82) is 0 Å². The minimum atomic E-state index is -0.387. The number of rotatable bonds is 4. The third-order valence-corrected chi connectivity index (χ3v) is 2.76. The summed E-state index contributed by atoms with van der Waals surface area (Å²) in [4.78, 5) is 15.8. The summed E-state index contributed by atoms with van der Waals surface area (Å²) in [5, 5.41) is 3.85.